The van der Waals surface area contributed by atoms with Gasteiger partial charge in [0.1, 0.15) is 0 Å². The van der Waals surface area contributed by atoms with Gasteiger partial charge >= 0.3 is 27.6 Å². The first-order chi connectivity index (χ1) is 9.29. The van der Waals surface area contributed by atoms with Crippen molar-refractivity contribution in [1.29, 1.82) is 0 Å². The molecular weight excluding hydrogens is 358 g/mol. The van der Waals surface area contributed by atoms with Crippen LogP contribution in [0.2, 0.25) is 0 Å². The standard InChI is InChI=1S/2C3H4O3.2H3O4P/c2*1-2(4)3(5)6;2*1-5(2,3)4/h2*1H3,(H,5,6);2*(H3,1,2,3,4). The topological polar surface area (TPSA) is 264 Å². The molecule has 0 amide bonds. The molecule has 0 saturated carbocycles. The molecule has 0 fully saturated rings. The minimum atomic E-state index is -4.64. The largest absolute Gasteiger partial charge is 0.476 e. The number of carbonyl (C=O) groups excluding carboxylic acids is 2. The Kier molecular flexibility index (Phi) is 17.2. The number of hydrogen-bond donors (Lipinski definition) is 8. The van der Waals surface area contributed by atoms with Crippen LogP contribution in [-0.4, -0.2) is 63.1 Å². The van der Waals surface area contributed by atoms with Gasteiger partial charge in [-0.25, -0.2) is 18.7 Å². The minimum absolute atomic E-state index is 0.824. The van der Waals surface area contributed by atoms with Gasteiger partial charge in [-0.05, 0) is 0 Å². The highest BCUT2D eigenvalue weighted by Crippen LogP contribution is 2.26. The highest BCUT2D eigenvalue weighted by Gasteiger charge is 2.01. The van der Waals surface area contributed by atoms with E-state index in [0.717, 1.165) is 13.8 Å². The van der Waals surface area contributed by atoms with Crippen LogP contribution < -0.4 is 0 Å². The number of phosphoric acid groups is 2. The summed E-state index contributed by atoms with van der Waals surface area (Å²) in [5.41, 5.74) is 0. The highest BCUT2D eigenvalue weighted by molar-refractivity contribution is 7.45. The molecule has 0 aliphatic rings. The molecule has 0 unspecified atom stereocenters. The number of carbonyl (C=O) groups is 4. The molecule has 14 nitrogen and oxygen atoms in total. The summed E-state index contributed by atoms with van der Waals surface area (Å²) in [6.45, 7) is 2.00. The predicted molar refractivity (Wildman–Crippen MR) is 65.2 cm³/mol. The van der Waals surface area contributed by atoms with Gasteiger partial charge < -0.3 is 39.6 Å². The molecule has 0 aliphatic carbocycles. The molecule has 0 aromatic heterocycles. The van der Waals surface area contributed by atoms with E-state index in [1.165, 1.54) is 0 Å². The SMILES string of the molecule is CC(=O)C(=O)O.CC(=O)C(=O)O.O=P(O)(O)O.O=P(O)(O)O. The predicted octanol–water partition coefficient (Wildman–Crippen LogP) is -2.54. The lowest BCUT2D eigenvalue weighted by atomic mass is 10.5. The van der Waals surface area contributed by atoms with Crippen LogP contribution in [0.15, 0.2) is 0 Å². The third kappa shape index (κ3) is 134. The molecule has 0 atom stereocenters. The molecule has 0 radical (unpaired) electrons. The van der Waals surface area contributed by atoms with E-state index in [0.29, 0.717) is 0 Å². The van der Waals surface area contributed by atoms with Crippen molar-refractivity contribution in [1.82, 2.24) is 0 Å². The zero-order chi connectivity index (χ0) is 19.3. The van der Waals surface area contributed by atoms with Crippen molar-refractivity contribution in [2.45, 2.75) is 13.8 Å². The molecule has 22 heavy (non-hydrogen) atoms. The smallest absolute Gasteiger partial charge is 0.466 e. The molecule has 0 aromatic rings. The van der Waals surface area contributed by atoms with E-state index >= 15 is 0 Å². The van der Waals surface area contributed by atoms with E-state index in [9.17, 15) is 19.2 Å². The highest BCUT2D eigenvalue weighted by atomic mass is 31.2. The summed E-state index contributed by atoms with van der Waals surface area (Å²) < 4.78 is 17.8. The van der Waals surface area contributed by atoms with Gasteiger partial charge in [0, 0.05) is 13.8 Å². The van der Waals surface area contributed by atoms with Crippen molar-refractivity contribution in [3.8, 4) is 0 Å². The van der Waals surface area contributed by atoms with E-state index in [-0.39, 0.29) is 0 Å². The summed E-state index contributed by atoms with van der Waals surface area (Å²) in [6.07, 6.45) is 0. The maximum atomic E-state index is 9.54. The fourth-order valence-electron chi connectivity index (χ4n) is 0. The van der Waals surface area contributed by atoms with Crippen LogP contribution >= 0.6 is 15.6 Å². The van der Waals surface area contributed by atoms with Gasteiger partial charge in [0.25, 0.3) is 0 Å². The van der Waals surface area contributed by atoms with Crippen LogP contribution in [0.4, 0.5) is 0 Å². The molecule has 8 N–H and O–H groups in total. The van der Waals surface area contributed by atoms with Crippen LogP contribution in [-0.2, 0) is 28.3 Å². The van der Waals surface area contributed by atoms with Gasteiger partial charge in [-0.15, -0.1) is 0 Å². The fourth-order valence-corrected chi connectivity index (χ4v) is 0. The van der Waals surface area contributed by atoms with Gasteiger partial charge in [0.2, 0.25) is 11.6 Å². The Morgan fingerprint density at radius 3 is 0.636 bits per heavy atom. The van der Waals surface area contributed by atoms with E-state index in [4.69, 9.17) is 48.7 Å². The summed E-state index contributed by atoms with van der Waals surface area (Å²) >= 11 is 0. The number of carboxylic acid groups (broad SMARTS) is 2. The number of carboxylic acids is 2. The van der Waals surface area contributed by atoms with Crippen LogP contribution in [0.5, 0.6) is 0 Å². The van der Waals surface area contributed by atoms with Gasteiger partial charge in [0.15, 0.2) is 0 Å². The molecule has 0 aliphatic heterocycles. The Labute approximate surface area is 122 Å². The quantitative estimate of drug-likeness (QED) is 0.183. The average Bonchev–Trinajstić information content (AvgIpc) is 2.12. The molecule has 16 heteroatoms. The summed E-state index contributed by atoms with van der Waals surface area (Å²) in [5, 5.41) is 15.3. The lowest BCUT2D eigenvalue weighted by Crippen LogP contribution is -2.05. The normalized spacial score (nSPS) is 9.45. The summed E-state index contributed by atoms with van der Waals surface area (Å²) in [7, 11) is -9.28. The Balaban J connectivity index is -0.0000000986. The molecule has 0 saturated heterocycles. The first-order valence-electron chi connectivity index (χ1n) is 4.33. The van der Waals surface area contributed by atoms with E-state index in [1.807, 2.05) is 0 Å². The first-order valence-corrected chi connectivity index (χ1v) is 7.46. The molecule has 0 rings (SSSR count). The van der Waals surface area contributed by atoms with Crippen molar-refractivity contribution in [3.05, 3.63) is 0 Å². The van der Waals surface area contributed by atoms with Crippen LogP contribution in [0, 0.1) is 0 Å². The zero-order valence-corrected chi connectivity index (χ0v) is 12.7. The van der Waals surface area contributed by atoms with Crippen LogP contribution in [0.25, 0.3) is 0 Å². The number of ketones is 2. The van der Waals surface area contributed by atoms with E-state index in [1.54, 1.807) is 0 Å². The number of aliphatic carboxylic acids is 2. The Morgan fingerprint density at radius 1 is 0.591 bits per heavy atom. The molecule has 0 aromatic carbocycles. The maximum absolute atomic E-state index is 9.54. The van der Waals surface area contributed by atoms with Crippen molar-refractivity contribution >= 4 is 39.2 Å². The fraction of sp³-hybridized carbons (Fsp3) is 0.333. The number of rotatable bonds is 2. The molecule has 0 heterocycles. The lowest BCUT2D eigenvalue weighted by Gasteiger charge is -1.82. The van der Waals surface area contributed by atoms with Crippen molar-refractivity contribution in [2.75, 3.05) is 0 Å². The Morgan fingerprint density at radius 2 is 0.636 bits per heavy atom. The third-order valence-electron chi connectivity index (χ3n) is 0.602. The third-order valence-corrected chi connectivity index (χ3v) is 0.602. The van der Waals surface area contributed by atoms with Gasteiger partial charge in [-0.1, -0.05) is 0 Å². The van der Waals surface area contributed by atoms with Gasteiger partial charge in [0.05, 0.1) is 0 Å². The van der Waals surface area contributed by atoms with Crippen molar-refractivity contribution in [2.24, 2.45) is 0 Å². The number of hydrogen-bond acceptors (Lipinski definition) is 6. The Hall–Kier alpha value is -1.50. The second kappa shape index (κ2) is 13.2. The second-order valence-corrected chi connectivity index (χ2v) is 4.80. The first kappa shape index (κ1) is 28.6. The van der Waals surface area contributed by atoms with Crippen molar-refractivity contribution < 1.29 is 67.9 Å². The van der Waals surface area contributed by atoms with Crippen LogP contribution in [0.1, 0.15) is 13.8 Å². The summed E-state index contributed by atoms with van der Waals surface area (Å²) in [6, 6.07) is 0. The monoisotopic (exact) mass is 372 g/mol. The second-order valence-electron chi connectivity index (χ2n) is 2.75. The zero-order valence-electron chi connectivity index (χ0n) is 10.9. The maximum Gasteiger partial charge on any atom is 0.466 e. The number of Topliss-reactive ketones (excluding diaryl/α,β-unsaturated/α-hetero) is 2. The molecule has 132 valence electrons. The van der Waals surface area contributed by atoms with Crippen molar-refractivity contribution in [3.63, 3.8) is 0 Å². The summed E-state index contributed by atoms with van der Waals surface area (Å²) in [5.74, 6) is -4.41. The van der Waals surface area contributed by atoms with Gasteiger partial charge in [-0.2, -0.15) is 0 Å². The Bertz CT molecular complexity index is 383. The van der Waals surface area contributed by atoms with Crippen LogP contribution in [0.3, 0.4) is 0 Å². The van der Waals surface area contributed by atoms with E-state index < -0.39 is 39.2 Å². The van der Waals surface area contributed by atoms with Gasteiger partial charge in [-0.3, -0.25) is 9.59 Å². The average molecular weight is 372 g/mol. The lowest BCUT2D eigenvalue weighted by molar-refractivity contribution is -0.148. The molecule has 0 spiro atoms. The van der Waals surface area contributed by atoms with E-state index in [2.05, 4.69) is 0 Å². The summed E-state index contributed by atoms with van der Waals surface area (Å²) in [4.78, 5) is 80.9. The molecule has 0 bridgehead atoms. The minimum Gasteiger partial charge on any atom is -0.476 e. The molecular formula is C6H14O14P2.